The maximum atomic E-state index is 13.0. The largest absolute Gasteiger partial charge is 0.472 e. The summed E-state index contributed by atoms with van der Waals surface area (Å²) in [7, 11) is -9.89. The molecule has 5 atom stereocenters. The van der Waals surface area contributed by atoms with Crippen molar-refractivity contribution in [2.24, 2.45) is 5.92 Å². The number of ether oxygens (including phenoxy) is 4. The second-order valence-corrected chi connectivity index (χ2v) is 28.7. The minimum atomic E-state index is -4.95. The van der Waals surface area contributed by atoms with E-state index in [0.717, 1.165) is 95.8 Å². The van der Waals surface area contributed by atoms with E-state index in [4.69, 9.17) is 37.0 Å². The summed E-state index contributed by atoms with van der Waals surface area (Å²) >= 11 is 0. The van der Waals surface area contributed by atoms with E-state index in [-0.39, 0.29) is 25.7 Å². The molecule has 0 aromatic heterocycles. The predicted molar refractivity (Wildman–Crippen MR) is 358 cm³/mol. The number of aliphatic hydroxyl groups is 1. The number of phosphoric ester groups is 2. The van der Waals surface area contributed by atoms with Crippen LogP contribution in [0.25, 0.3) is 0 Å². The molecule has 0 aromatic rings. The Bertz CT molecular complexity index is 1720. The molecule has 0 amide bonds. The van der Waals surface area contributed by atoms with Crippen molar-refractivity contribution >= 4 is 39.5 Å². The lowest BCUT2D eigenvalue weighted by Crippen LogP contribution is -2.30. The molecule has 2 unspecified atom stereocenters. The monoisotopic (exact) mass is 1310 g/mol. The quantitative estimate of drug-likeness (QED) is 0.0222. The molecule has 19 heteroatoms. The van der Waals surface area contributed by atoms with E-state index in [9.17, 15) is 43.2 Å². The van der Waals surface area contributed by atoms with Gasteiger partial charge in [0.15, 0.2) is 12.2 Å². The van der Waals surface area contributed by atoms with Crippen molar-refractivity contribution in [2.45, 2.75) is 380 Å². The van der Waals surface area contributed by atoms with E-state index in [1.54, 1.807) is 0 Å². The molecular formula is C70H136O17P2. The topological polar surface area (TPSA) is 237 Å². The molecule has 0 aliphatic rings. The van der Waals surface area contributed by atoms with Crippen LogP contribution in [0.2, 0.25) is 0 Å². The van der Waals surface area contributed by atoms with Crippen molar-refractivity contribution in [3.63, 3.8) is 0 Å². The van der Waals surface area contributed by atoms with Gasteiger partial charge < -0.3 is 33.8 Å². The Labute approximate surface area is 543 Å². The normalized spacial score (nSPS) is 14.1. The van der Waals surface area contributed by atoms with Crippen LogP contribution < -0.4 is 0 Å². The van der Waals surface area contributed by atoms with Gasteiger partial charge in [-0.25, -0.2) is 9.13 Å². The van der Waals surface area contributed by atoms with Gasteiger partial charge >= 0.3 is 39.5 Å². The van der Waals surface area contributed by atoms with Crippen LogP contribution >= 0.6 is 15.6 Å². The number of phosphoric acid groups is 2. The third-order valence-electron chi connectivity index (χ3n) is 16.3. The molecular weight excluding hydrogens is 1170 g/mol. The third-order valence-corrected chi connectivity index (χ3v) is 18.2. The first kappa shape index (κ1) is 87.1. The standard InChI is InChI=1S/C70H136O17P2/c1-6-9-12-15-18-21-23-24-25-26-27-28-29-31-34-41-46-51-56-70(75)87-66(60-81-68(73)54-49-44-39-36-35-37-42-47-52-63(4)5)62-85-89(78,79)83-58-64(71)57-82-88(76,77)84-61-65(59-80-67(72)53-48-43-38-32-20-17-14-11-8-3)86-69(74)55-50-45-40-33-30-22-19-16-13-10-7-2/h63-66,71H,6-62H2,1-5H3,(H,76,77)(H,78,79)/t64-,65+,66+/m0/s1. The fourth-order valence-corrected chi connectivity index (χ4v) is 12.2. The van der Waals surface area contributed by atoms with Gasteiger partial charge in [0.1, 0.15) is 19.3 Å². The fraction of sp³-hybridized carbons (Fsp3) is 0.943. The number of rotatable bonds is 70. The molecule has 0 aliphatic carbocycles. The SMILES string of the molecule is CCCCCCCCCCCCCCCCCCCCC(=O)O[C@H](COC(=O)CCCCCCCCCCC(C)C)COP(=O)(O)OC[C@@H](O)COP(=O)(O)OC[C@@H](COC(=O)CCCCCCCCCCC)OC(=O)CCCCCCCCCCCCC. The number of hydrogen-bond acceptors (Lipinski definition) is 15. The molecule has 0 fully saturated rings. The highest BCUT2D eigenvalue weighted by Gasteiger charge is 2.30. The van der Waals surface area contributed by atoms with Gasteiger partial charge in [-0.2, -0.15) is 0 Å². The van der Waals surface area contributed by atoms with Crippen LogP contribution in [-0.4, -0.2) is 96.7 Å². The van der Waals surface area contributed by atoms with E-state index in [1.807, 2.05) is 0 Å². The minimum absolute atomic E-state index is 0.107. The Morgan fingerprint density at radius 3 is 0.764 bits per heavy atom. The van der Waals surface area contributed by atoms with E-state index in [2.05, 4.69) is 34.6 Å². The van der Waals surface area contributed by atoms with Gasteiger partial charge in [0, 0.05) is 25.7 Å². The molecule has 0 radical (unpaired) electrons. The van der Waals surface area contributed by atoms with Gasteiger partial charge in [0.25, 0.3) is 0 Å². The zero-order valence-electron chi connectivity index (χ0n) is 57.6. The van der Waals surface area contributed by atoms with Crippen LogP contribution in [0.3, 0.4) is 0 Å². The Morgan fingerprint density at radius 1 is 0.303 bits per heavy atom. The van der Waals surface area contributed by atoms with Crippen LogP contribution in [-0.2, 0) is 65.4 Å². The Balaban J connectivity index is 5.20. The van der Waals surface area contributed by atoms with E-state index in [1.165, 1.54) is 186 Å². The lowest BCUT2D eigenvalue weighted by Gasteiger charge is -2.21. The van der Waals surface area contributed by atoms with Gasteiger partial charge in [-0.1, -0.05) is 311 Å². The van der Waals surface area contributed by atoms with Crippen LogP contribution in [0.15, 0.2) is 0 Å². The molecule has 0 bridgehead atoms. The third kappa shape index (κ3) is 64.6. The molecule has 0 saturated carbocycles. The van der Waals surface area contributed by atoms with Gasteiger partial charge in [0.2, 0.25) is 0 Å². The fourth-order valence-electron chi connectivity index (χ4n) is 10.6. The van der Waals surface area contributed by atoms with Crippen molar-refractivity contribution in [3.8, 4) is 0 Å². The smallest absolute Gasteiger partial charge is 0.462 e. The molecule has 0 heterocycles. The molecule has 0 saturated heterocycles. The van der Waals surface area contributed by atoms with Crippen LogP contribution in [0, 0.1) is 5.92 Å². The number of esters is 4. The molecule has 0 rings (SSSR count). The summed E-state index contributed by atoms with van der Waals surface area (Å²) in [4.78, 5) is 72.4. The van der Waals surface area contributed by atoms with Crippen LogP contribution in [0.5, 0.6) is 0 Å². The number of aliphatic hydroxyl groups excluding tert-OH is 1. The lowest BCUT2D eigenvalue weighted by molar-refractivity contribution is -0.161. The van der Waals surface area contributed by atoms with Crippen LogP contribution in [0.4, 0.5) is 0 Å². The van der Waals surface area contributed by atoms with Crippen molar-refractivity contribution in [3.05, 3.63) is 0 Å². The summed E-state index contributed by atoms with van der Waals surface area (Å²) in [6.07, 6.45) is 50.0. The first-order valence-corrected chi connectivity index (χ1v) is 39.6. The van der Waals surface area contributed by atoms with Gasteiger partial charge in [0.05, 0.1) is 26.4 Å². The highest BCUT2D eigenvalue weighted by molar-refractivity contribution is 7.47. The summed E-state index contributed by atoms with van der Waals surface area (Å²) in [5.74, 6) is -1.40. The highest BCUT2D eigenvalue weighted by atomic mass is 31.2. The molecule has 0 spiro atoms. The van der Waals surface area contributed by atoms with Crippen LogP contribution in [0.1, 0.15) is 362 Å². The first-order valence-electron chi connectivity index (χ1n) is 36.6. The van der Waals surface area contributed by atoms with Crippen molar-refractivity contribution in [2.75, 3.05) is 39.6 Å². The van der Waals surface area contributed by atoms with Gasteiger partial charge in [-0.3, -0.25) is 37.3 Å². The molecule has 17 nitrogen and oxygen atoms in total. The molecule has 528 valence electrons. The number of unbranched alkanes of at least 4 members (excludes halogenated alkanes) is 42. The molecule has 89 heavy (non-hydrogen) atoms. The van der Waals surface area contributed by atoms with E-state index < -0.39 is 97.5 Å². The lowest BCUT2D eigenvalue weighted by atomic mass is 10.0. The molecule has 0 aromatic carbocycles. The van der Waals surface area contributed by atoms with Gasteiger partial charge in [-0.05, 0) is 31.6 Å². The second kappa shape index (κ2) is 63.5. The predicted octanol–water partition coefficient (Wildman–Crippen LogP) is 20.1. The van der Waals surface area contributed by atoms with E-state index in [0.29, 0.717) is 25.7 Å². The average molecular weight is 1310 g/mol. The Kier molecular flexibility index (Phi) is 62.1. The highest BCUT2D eigenvalue weighted by Crippen LogP contribution is 2.45. The van der Waals surface area contributed by atoms with Crippen molar-refractivity contribution in [1.29, 1.82) is 0 Å². The summed E-state index contributed by atoms with van der Waals surface area (Å²) in [6, 6.07) is 0. The summed E-state index contributed by atoms with van der Waals surface area (Å²) in [5, 5.41) is 10.6. The maximum Gasteiger partial charge on any atom is 0.472 e. The van der Waals surface area contributed by atoms with Crippen molar-refractivity contribution in [1.82, 2.24) is 0 Å². The Hall–Kier alpha value is -1.94. The summed E-state index contributed by atoms with van der Waals surface area (Å²) in [5.41, 5.74) is 0. The number of carbonyl (C=O) groups is 4. The maximum absolute atomic E-state index is 13.0. The zero-order valence-corrected chi connectivity index (χ0v) is 59.4. The molecule has 3 N–H and O–H groups in total. The molecule has 0 aliphatic heterocycles. The Morgan fingerprint density at radius 2 is 0.517 bits per heavy atom. The number of carbonyl (C=O) groups excluding carboxylic acids is 4. The van der Waals surface area contributed by atoms with E-state index >= 15 is 0 Å². The second-order valence-electron chi connectivity index (χ2n) is 25.7. The summed E-state index contributed by atoms with van der Waals surface area (Å²) < 4.78 is 68.2. The minimum Gasteiger partial charge on any atom is -0.462 e. The van der Waals surface area contributed by atoms with Crippen molar-refractivity contribution < 1.29 is 80.2 Å². The number of hydrogen-bond donors (Lipinski definition) is 3. The zero-order chi connectivity index (χ0) is 65.6. The van der Waals surface area contributed by atoms with Gasteiger partial charge in [-0.15, -0.1) is 0 Å². The first-order chi connectivity index (χ1) is 43.0. The summed E-state index contributed by atoms with van der Waals surface area (Å²) in [6.45, 7) is 7.19. The average Bonchev–Trinajstić information content (AvgIpc) is 3.55.